The molecule has 0 radical (unpaired) electrons. The lowest BCUT2D eigenvalue weighted by Gasteiger charge is -2.05. The molecular formula is C10H10ClF2NO. The number of amides is 1. The average molecular weight is 234 g/mol. The molecular weight excluding hydrogens is 224 g/mol. The van der Waals surface area contributed by atoms with Gasteiger partial charge in [-0.25, -0.2) is 8.78 Å². The van der Waals surface area contributed by atoms with Crippen LogP contribution < -0.4 is 5.32 Å². The van der Waals surface area contributed by atoms with Crippen molar-refractivity contribution in [3.8, 4) is 0 Å². The zero-order valence-electron chi connectivity index (χ0n) is 7.90. The Balaban J connectivity index is 2.54. The highest BCUT2D eigenvalue weighted by Crippen LogP contribution is 2.08. The highest BCUT2D eigenvalue weighted by molar-refractivity contribution is 6.18. The molecule has 0 atom stereocenters. The molecule has 82 valence electrons. The van der Waals surface area contributed by atoms with Crippen LogP contribution in [0, 0.1) is 11.6 Å². The lowest BCUT2D eigenvalue weighted by atomic mass is 10.2. The Morgan fingerprint density at radius 3 is 2.73 bits per heavy atom. The number of nitrogens with one attached hydrogen (secondary N) is 1. The molecule has 0 fully saturated rings. The lowest BCUT2D eigenvalue weighted by molar-refractivity contribution is -0.120. The van der Waals surface area contributed by atoms with Crippen molar-refractivity contribution in [2.45, 2.75) is 13.0 Å². The molecule has 5 heteroatoms. The number of benzene rings is 1. The second-order valence-corrected chi connectivity index (χ2v) is 3.33. The average Bonchev–Trinajstić information content (AvgIpc) is 2.17. The highest BCUT2D eigenvalue weighted by Gasteiger charge is 2.05. The first-order chi connectivity index (χ1) is 7.13. The van der Waals surface area contributed by atoms with Crippen molar-refractivity contribution >= 4 is 17.5 Å². The van der Waals surface area contributed by atoms with E-state index in [2.05, 4.69) is 5.32 Å². The predicted molar refractivity (Wildman–Crippen MR) is 53.5 cm³/mol. The molecule has 0 aliphatic rings. The van der Waals surface area contributed by atoms with E-state index >= 15 is 0 Å². The van der Waals surface area contributed by atoms with Crippen molar-refractivity contribution < 1.29 is 13.6 Å². The molecule has 15 heavy (non-hydrogen) atoms. The fraction of sp³-hybridized carbons (Fsp3) is 0.300. The van der Waals surface area contributed by atoms with Gasteiger partial charge >= 0.3 is 0 Å². The monoisotopic (exact) mass is 233 g/mol. The summed E-state index contributed by atoms with van der Waals surface area (Å²) < 4.78 is 25.6. The number of alkyl halides is 1. The minimum atomic E-state index is -0.666. The third kappa shape index (κ3) is 3.83. The molecule has 1 aromatic rings. The number of halogens is 3. The van der Waals surface area contributed by atoms with Crippen LogP contribution in [0.5, 0.6) is 0 Å². The second kappa shape index (κ2) is 5.66. The van der Waals surface area contributed by atoms with Crippen LogP contribution in [0.15, 0.2) is 18.2 Å². The summed E-state index contributed by atoms with van der Waals surface area (Å²) in [4.78, 5) is 11.0. The van der Waals surface area contributed by atoms with Crippen molar-refractivity contribution in [1.82, 2.24) is 5.32 Å². The maximum absolute atomic E-state index is 13.1. The van der Waals surface area contributed by atoms with Crippen LogP contribution in [-0.4, -0.2) is 11.8 Å². The van der Waals surface area contributed by atoms with E-state index in [9.17, 15) is 13.6 Å². The van der Waals surface area contributed by atoms with Gasteiger partial charge in [0.1, 0.15) is 11.6 Å². The van der Waals surface area contributed by atoms with Gasteiger partial charge in [0.2, 0.25) is 5.91 Å². The van der Waals surface area contributed by atoms with Gasteiger partial charge in [0, 0.05) is 30.5 Å². The molecule has 0 unspecified atom stereocenters. The molecule has 0 saturated heterocycles. The summed E-state index contributed by atoms with van der Waals surface area (Å²) in [5.41, 5.74) is 0.249. The maximum Gasteiger partial charge on any atom is 0.221 e. The molecule has 1 amide bonds. The van der Waals surface area contributed by atoms with Gasteiger partial charge in [-0.3, -0.25) is 4.79 Å². The first-order valence-electron chi connectivity index (χ1n) is 4.40. The Morgan fingerprint density at radius 1 is 1.40 bits per heavy atom. The van der Waals surface area contributed by atoms with Crippen LogP contribution in [0.2, 0.25) is 0 Å². The fourth-order valence-electron chi connectivity index (χ4n) is 1.03. The van der Waals surface area contributed by atoms with E-state index in [4.69, 9.17) is 11.6 Å². The molecule has 0 aromatic heterocycles. The number of carbonyl (C=O) groups excluding carboxylic acids is 1. The van der Waals surface area contributed by atoms with Gasteiger partial charge in [0.25, 0.3) is 0 Å². The summed E-state index contributed by atoms with van der Waals surface area (Å²) in [5, 5.41) is 2.47. The topological polar surface area (TPSA) is 29.1 Å². The number of rotatable bonds is 4. The van der Waals surface area contributed by atoms with Crippen molar-refractivity contribution in [3.05, 3.63) is 35.4 Å². The SMILES string of the molecule is O=C(CCCl)NCc1ccc(F)cc1F. The molecule has 0 saturated carbocycles. The van der Waals surface area contributed by atoms with Gasteiger partial charge in [-0.2, -0.15) is 0 Å². The first-order valence-corrected chi connectivity index (χ1v) is 4.93. The minimum Gasteiger partial charge on any atom is -0.352 e. The van der Waals surface area contributed by atoms with Gasteiger partial charge in [-0.05, 0) is 6.07 Å². The van der Waals surface area contributed by atoms with Crippen molar-refractivity contribution in [1.29, 1.82) is 0 Å². The van der Waals surface area contributed by atoms with Gasteiger partial charge in [-0.15, -0.1) is 11.6 Å². The summed E-state index contributed by atoms with van der Waals surface area (Å²) in [6.07, 6.45) is 0.185. The molecule has 1 aromatic carbocycles. The smallest absolute Gasteiger partial charge is 0.221 e. The first kappa shape index (κ1) is 11.9. The number of hydrogen-bond acceptors (Lipinski definition) is 1. The van der Waals surface area contributed by atoms with Crippen LogP contribution in [0.3, 0.4) is 0 Å². The standard InChI is InChI=1S/C10H10ClF2NO/c11-4-3-10(15)14-6-7-1-2-8(12)5-9(7)13/h1-2,5H,3-4,6H2,(H,14,15). The Morgan fingerprint density at radius 2 is 2.13 bits per heavy atom. The fourth-order valence-corrected chi connectivity index (χ4v) is 1.20. The van der Waals surface area contributed by atoms with E-state index in [1.54, 1.807) is 0 Å². The lowest BCUT2D eigenvalue weighted by Crippen LogP contribution is -2.23. The Hall–Kier alpha value is -1.16. The zero-order valence-corrected chi connectivity index (χ0v) is 8.65. The second-order valence-electron chi connectivity index (χ2n) is 2.95. The van der Waals surface area contributed by atoms with Gasteiger partial charge in [-0.1, -0.05) is 6.07 Å². The normalized spacial score (nSPS) is 10.1. The van der Waals surface area contributed by atoms with Crippen molar-refractivity contribution in [2.24, 2.45) is 0 Å². The number of carbonyl (C=O) groups is 1. The Bertz CT molecular complexity index is 357. The summed E-state index contributed by atoms with van der Waals surface area (Å²) in [6, 6.07) is 3.22. The molecule has 2 nitrogen and oxygen atoms in total. The quantitative estimate of drug-likeness (QED) is 0.794. The third-order valence-corrected chi connectivity index (χ3v) is 2.00. The van der Waals surface area contributed by atoms with Gasteiger partial charge in [0.15, 0.2) is 0 Å². The number of hydrogen-bond donors (Lipinski definition) is 1. The zero-order chi connectivity index (χ0) is 11.3. The summed E-state index contributed by atoms with van der Waals surface area (Å²) in [5.74, 6) is -1.34. The predicted octanol–water partition coefficient (Wildman–Crippen LogP) is 2.21. The molecule has 0 heterocycles. The Labute approximate surface area is 91.2 Å². The maximum atomic E-state index is 13.1. The highest BCUT2D eigenvalue weighted by atomic mass is 35.5. The minimum absolute atomic E-state index is 0.0435. The summed E-state index contributed by atoms with van der Waals surface area (Å²) >= 11 is 5.35. The van der Waals surface area contributed by atoms with Crippen molar-refractivity contribution in [3.63, 3.8) is 0 Å². The van der Waals surface area contributed by atoms with Gasteiger partial charge < -0.3 is 5.32 Å². The van der Waals surface area contributed by atoms with E-state index in [1.165, 1.54) is 6.07 Å². The molecule has 0 spiro atoms. The van der Waals surface area contributed by atoms with Crippen LogP contribution in [0.4, 0.5) is 8.78 Å². The van der Waals surface area contributed by atoms with E-state index < -0.39 is 11.6 Å². The van der Waals surface area contributed by atoms with E-state index in [1.807, 2.05) is 0 Å². The third-order valence-electron chi connectivity index (χ3n) is 1.81. The molecule has 1 rings (SSSR count). The van der Waals surface area contributed by atoms with Crippen LogP contribution in [-0.2, 0) is 11.3 Å². The molecule has 0 bridgehead atoms. The van der Waals surface area contributed by atoms with Crippen LogP contribution in [0.1, 0.15) is 12.0 Å². The van der Waals surface area contributed by atoms with E-state index in [0.29, 0.717) is 0 Å². The van der Waals surface area contributed by atoms with E-state index in [0.717, 1.165) is 12.1 Å². The van der Waals surface area contributed by atoms with Gasteiger partial charge in [0.05, 0.1) is 0 Å². The Kier molecular flexibility index (Phi) is 4.49. The molecule has 1 N–H and O–H groups in total. The van der Waals surface area contributed by atoms with Crippen molar-refractivity contribution in [2.75, 3.05) is 5.88 Å². The largest absolute Gasteiger partial charge is 0.352 e. The summed E-state index contributed by atoms with van der Waals surface area (Å²) in [7, 11) is 0. The van der Waals surface area contributed by atoms with E-state index in [-0.39, 0.29) is 30.3 Å². The van der Waals surface area contributed by atoms with Crippen LogP contribution in [0.25, 0.3) is 0 Å². The molecule has 0 aliphatic carbocycles. The summed E-state index contributed by atoms with van der Waals surface area (Å²) in [6.45, 7) is 0.0435. The molecule has 0 aliphatic heterocycles. The van der Waals surface area contributed by atoms with Crippen LogP contribution >= 0.6 is 11.6 Å².